The molecule has 0 atom stereocenters. The molecule has 5 amide bonds. The Morgan fingerprint density at radius 1 is 0.662 bits per heavy atom. The molecular formula is C55H58N10O11S. The van der Waals surface area contributed by atoms with Gasteiger partial charge in [-0.2, -0.15) is 0 Å². The van der Waals surface area contributed by atoms with Gasteiger partial charge in [0.25, 0.3) is 5.91 Å². The summed E-state index contributed by atoms with van der Waals surface area (Å²) in [6, 6.07) is 31.7. The number of nitrogens with zero attached hydrogens (tertiary/aromatic N) is 3. The Bertz CT molecular complexity index is 2960. The number of amides is 5. The maximum atomic E-state index is 13.4. The molecule has 400 valence electrons. The maximum absolute atomic E-state index is 13.4. The minimum absolute atomic E-state index is 0.0266. The van der Waals surface area contributed by atoms with Crippen LogP contribution in [0.4, 0.5) is 38.0 Å². The lowest BCUT2D eigenvalue weighted by Gasteiger charge is -2.14. The lowest BCUT2D eigenvalue weighted by Crippen LogP contribution is -2.28. The first-order valence-corrected chi connectivity index (χ1v) is 25.6. The van der Waals surface area contributed by atoms with Crippen molar-refractivity contribution in [3.8, 4) is 11.5 Å². The lowest BCUT2D eigenvalue weighted by molar-refractivity contribution is -0.138. The molecular weight excluding hydrogens is 1010 g/mol. The molecule has 0 fully saturated rings. The monoisotopic (exact) mass is 1070 g/mol. The summed E-state index contributed by atoms with van der Waals surface area (Å²) in [5.74, 6) is 0.308. The molecule has 0 spiro atoms. The van der Waals surface area contributed by atoms with Gasteiger partial charge >= 0.3 is 18.0 Å². The number of aliphatic hydroxyl groups excluding tert-OH is 1. The molecule has 22 heteroatoms. The Morgan fingerprint density at radius 3 is 1.77 bits per heavy atom. The molecule has 0 bridgehead atoms. The Kier molecular flexibility index (Phi) is 19.6. The number of phenols is 1. The number of rotatable bonds is 24. The third-order valence-electron chi connectivity index (χ3n) is 11.3. The van der Waals surface area contributed by atoms with E-state index >= 15 is 0 Å². The van der Waals surface area contributed by atoms with Gasteiger partial charge in [0.2, 0.25) is 0 Å². The molecule has 9 N–H and O–H groups in total. The number of nitrogens with one attached hydrogen (secondary N) is 7. The first-order chi connectivity index (χ1) is 37.6. The van der Waals surface area contributed by atoms with E-state index in [4.69, 9.17) is 23.7 Å². The van der Waals surface area contributed by atoms with Crippen LogP contribution in [0.25, 0.3) is 6.08 Å². The fourth-order valence-electron chi connectivity index (χ4n) is 7.70. The summed E-state index contributed by atoms with van der Waals surface area (Å²) in [4.78, 5) is 66.2. The molecule has 8 rings (SSSR count). The minimum Gasteiger partial charge on any atom is -0.506 e. The predicted octanol–water partition coefficient (Wildman–Crippen LogP) is 7.43. The Balaban J connectivity index is 0.738. The number of thioether (sulfide) groups is 1. The molecule has 0 radical (unpaired) electrons. The van der Waals surface area contributed by atoms with E-state index in [0.29, 0.717) is 52.3 Å². The van der Waals surface area contributed by atoms with Crippen LogP contribution in [0.5, 0.6) is 11.5 Å². The Morgan fingerprint density at radius 2 is 1.22 bits per heavy atom. The van der Waals surface area contributed by atoms with Gasteiger partial charge in [0.05, 0.1) is 69.9 Å². The van der Waals surface area contributed by atoms with Crippen molar-refractivity contribution in [2.24, 2.45) is 15.0 Å². The zero-order chi connectivity index (χ0) is 53.8. The molecule has 5 aromatic rings. The molecule has 3 aliphatic heterocycles. The molecule has 0 saturated heterocycles. The van der Waals surface area contributed by atoms with Gasteiger partial charge in [0.15, 0.2) is 11.5 Å². The molecule has 0 unspecified atom stereocenters. The summed E-state index contributed by atoms with van der Waals surface area (Å²) >= 11 is 1.12. The third-order valence-corrected chi connectivity index (χ3v) is 12.3. The number of hydrogen-bond acceptors (Lipinski definition) is 17. The molecule has 21 nitrogen and oxygen atoms in total. The normalized spacial score (nSPS) is 14.8. The maximum Gasteiger partial charge on any atom is 0.344 e. The van der Waals surface area contributed by atoms with Crippen molar-refractivity contribution in [1.82, 2.24) is 16.0 Å². The van der Waals surface area contributed by atoms with Gasteiger partial charge in [-0.15, -0.1) is 0 Å². The number of anilines is 4. The average Bonchev–Trinajstić information content (AvgIpc) is 4.23. The smallest absolute Gasteiger partial charge is 0.344 e. The van der Waals surface area contributed by atoms with E-state index < -0.39 is 23.9 Å². The van der Waals surface area contributed by atoms with Crippen LogP contribution in [0.2, 0.25) is 0 Å². The summed E-state index contributed by atoms with van der Waals surface area (Å²) in [5.41, 5.74) is 4.70. The van der Waals surface area contributed by atoms with Crippen LogP contribution < -0.4 is 42.0 Å². The number of aromatic hydroxyl groups is 1. The van der Waals surface area contributed by atoms with Crippen molar-refractivity contribution in [2.45, 2.75) is 6.92 Å². The van der Waals surface area contributed by atoms with E-state index in [9.17, 15) is 29.4 Å². The minimum atomic E-state index is -0.685. The van der Waals surface area contributed by atoms with Gasteiger partial charge in [-0.05, 0) is 110 Å². The number of urea groups is 2. The number of ether oxygens (including phenoxy) is 5. The topological polar surface area (TPSA) is 276 Å². The highest BCUT2D eigenvalue weighted by molar-refractivity contribution is 8.18. The molecule has 0 aliphatic carbocycles. The van der Waals surface area contributed by atoms with E-state index in [1.54, 1.807) is 61.5 Å². The molecule has 3 aliphatic rings. The highest BCUT2D eigenvalue weighted by atomic mass is 32.2. The lowest BCUT2D eigenvalue weighted by atomic mass is 10.1. The number of esters is 1. The first-order valence-electron chi connectivity index (χ1n) is 24.8. The van der Waals surface area contributed by atoms with Crippen LogP contribution in [0.15, 0.2) is 146 Å². The summed E-state index contributed by atoms with van der Waals surface area (Å²) in [5, 5.41) is 42.3. The van der Waals surface area contributed by atoms with Crippen LogP contribution in [0, 0.1) is 0 Å². The van der Waals surface area contributed by atoms with E-state index in [2.05, 4.69) is 52.2 Å². The molecule has 0 saturated carbocycles. The second kappa shape index (κ2) is 27.7. The number of carbonyl (C=O) groups excluding carboxylic acids is 4. The number of aliphatic hydroxyl groups is 1. The molecule has 5 aromatic carbocycles. The summed E-state index contributed by atoms with van der Waals surface area (Å²) < 4.78 is 27.7. The second-order valence-electron chi connectivity index (χ2n) is 16.9. The quantitative estimate of drug-likeness (QED) is 0.0215. The number of amidine groups is 2. The number of phenolic OH excluding ortho intramolecular Hbond substituents is 1. The number of carbonyl (C=O) groups is 4. The molecule has 77 heavy (non-hydrogen) atoms. The summed E-state index contributed by atoms with van der Waals surface area (Å²) in [7, 11) is 0. The van der Waals surface area contributed by atoms with Gasteiger partial charge in [-0.3, -0.25) is 14.8 Å². The van der Waals surface area contributed by atoms with Crippen LogP contribution in [0.3, 0.4) is 0 Å². The molecule has 3 heterocycles. The van der Waals surface area contributed by atoms with E-state index in [-0.39, 0.29) is 92.6 Å². The van der Waals surface area contributed by atoms with Crippen molar-refractivity contribution < 1.29 is 53.1 Å². The number of hydrogen-bond donors (Lipinski definition) is 9. The summed E-state index contributed by atoms with van der Waals surface area (Å²) in [6.45, 7) is 6.63. The van der Waals surface area contributed by atoms with Gasteiger partial charge in [-0.1, -0.05) is 36.0 Å². The first kappa shape index (κ1) is 54.6. The Labute approximate surface area is 448 Å². The third kappa shape index (κ3) is 16.2. The fraction of sp³-hybridized carbons (Fsp3) is 0.255. The van der Waals surface area contributed by atoms with Gasteiger partial charge in [-0.25, -0.2) is 19.4 Å². The average molecular weight is 1070 g/mol. The van der Waals surface area contributed by atoms with Crippen LogP contribution >= 0.6 is 11.8 Å². The van der Waals surface area contributed by atoms with E-state index in [1.807, 2.05) is 42.5 Å². The highest BCUT2D eigenvalue weighted by Gasteiger charge is 2.33. The number of aliphatic imine (C=N–C) groups is 3. The largest absolute Gasteiger partial charge is 0.506 e. The standard InChI is InChI=1S/C55H58N10O11S/c1-2-75-53(69)47-48(67)46(77-52(47)61-39-6-4-3-5-7-39)31-35-8-17-45(44(66)30-35)76-29-28-74-27-26-73-25-24-72-23-22-60-51(68)38-32-42(64-54(70)62-40-13-9-36(10-14-40)49-56-18-19-57-49)34-43(33-38)65-55(71)63-41-15-11-37(12-16-41)50-58-20-21-59-50/h3-17,30-34,66-67H,2,18-29H2,1H3,(H,56,57)(H,58,59)(H,60,68)(H2,62,64,70)(H2,63,65,71)/b46-31-,61-52?. The van der Waals surface area contributed by atoms with Gasteiger partial charge in [0.1, 0.15) is 34.7 Å². The zero-order valence-corrected chi connectivity index (χ0v) is 42.9. The van der Waals surface area contributed by atoms with E-state index in [0.717, 1.165) is 47.6 Å². The molecule has 0 aromatic heterocycles. The van der Waals surface area contributed by atoms with Gasteiger partial charge in [0, 0.05) is 59.1 Å². The van der Waals surface area contributed by atoms with Crippen LogP contribution in [0.1, 0.15) is 34.0 Å². The van der Waals surface area contributed by atoms with Crippen molar-refractivity contribution in [2.75, 3.05) is 107 Å². The van der Waals surface area contributed by atoms with Crippen molar-refractivity contribution in [3.63, 3.8) is 0 Å². The Hall–Kier alpha value is -8.70. The fourth-order valence-corrected chi connectivity index (χ4v) is 8.73. The van der Waals surface area contributed by atoms with Crippen molar-refractivity contribution >= 4 is 86.9 Å². The zero-order valence-electron chi connectivity index (χ0n) is 42.1. The van der Waals surface area contributed by atoms with E-state index in [1.165, 1.54) is 24.3 Å². The SMILES string of the molecule is CCOC(=O)C1=C(O)/C(=C/c2ccc(OCCOCCOCCOCCNC(=O)c3cc(NC(=O)Nc4ccc(C5=NCCN5)cc4)cc(NC(=O)Nc4ccc(C5=NCCN5)cc4)c3)c(O)c2)SC1=Nc1ccccc1. The van der Waals surface area contributed by atoms with Crippen LogP contribution in [-0.2, 0) is 23.7 Å². The summed E-state index contributed by atoms with van der Waals surface area (Å²) in [6.07, 6.45) is 1.63. The highest BCUT2D eigenvalue weighted by Crippen LogP contribution is 2.41. The number of para-hydroxylation sites is 1. The van der Waals surface area contributed by atoms with Crippen molar-refractivity contribution in [3.05, 3.63) is 154 Å². The number of benzene rings is 5. The van der Waals surface area contributed by atoms with Crippen LogP contribution in [-0.4, -0.2) is 136 Å². The predicted molar refractivity (Wildman–Crippen MR) is 297 cm³/mol. The second-order valence-corrected chi connectivity index (χ2v) is 17.9. The van der Waals surface area contributed by atoms with Crippen molar-refractivity contribution in [1.29, 1.82) is 0 Å². The van der Waals surface area contributed by atoms with Gasteiger partial charge < -0.3 is 71.1 Å².